The molecule has 0 aromatic carbocycles. The zero-order valence-corrected chi connectivity index (χ0v) is 10.5. The van der Waals surface area contributed by atoms with Crippen LogP contribution in [-0.2, 0) is 0 Å². The summed E-state index contributed by atoms with van der Waals surface area (Å²) in [5.41, 5.74) is 0. The van der Waals surface area contributed by atoms with Crippen molar-refractivity contribution in [3.63, 3.8) is 0 Å². The van der Waals surface area contributed by atoms with Crippen molar-refractivity contribution in [3.8, 4) is 0 Å². The second-order valence-electron chi connectivity index (χ2n) is 5.89. The summed E-state index contributed by atoms with van der Waals surface area (Å²) in [5.74, 6) is 1.85. The van der Waals surface area contributed by atoms with Gasteiger partial charge in [0.25, 0.3) is 0 Å². The van der Waals surface area contributed by atoms with Crippen LogP contribution >= 0.6 is 0 Å². The summed E-state index contributed by atoms with van der Waals surface area (Å²) in [6.45, 7) is 11.0. The van der Waals surface area contributed by atoms with Crippen LogP contribution in [0.25, 0.3) is 0 Å². The van der Waals surface area contributed by atoms with E-state index in [1.165, 1.54) is 38.9 Å². The Kier molecular flexibility index (Phi) is 3.68. The maximum atomic E-state index is 3.54. The third-order valence-electron chi connectivity index (χ3n) is 4.14. The predicted molar refractivity (Wildman–Crippen MR) is 65.0 cm³/mol. The highest BCUT2D eigenvalue weighted by molar-refractivity contribution is 4.84. The lowest BCUT2D eigenvalue weighted by atomic mass is 9.92. The van der Waals surface area contributed by atoms with Crippen molar-refractivity contribution in [1.29, 1.82) is 0 Å². The summed E-state index contributed by atoms with van der Waals surface area (Å²) in [5, 5.41) is 3.54. The van der Waals surface area contributed by atoms with E-state index in [2.05, 4.69) is 31.0 Å². The number of nitrogens with one attached hydrogen (secondary N) is 1. The summed E-state index contributed by atoms with van der Waals surface area (Å²) < 4.78 is 0. The molecule has 2 heteroatoms. The highest BCUT2D eigenvalue weighted by Crippen LogP contribution is 2.26. The molecular formula is C13H26N2. The lowest BCUT2D eigenvalue weighted by molar-refractivity contribution is 0.185. The highest BCUT2D eigenvalue weighted by atomic mass is 15.2. The van der Waals surface area contributed by atoms with Crippen LogP contribution in [0.4, 0.5) is 0 Å². The van der Waals surface area contributed by atoms with Gasteiger partial charge in [0, 0.05) is 25.2 Å². The van der Waals surface area contributed by atoms with Crippen LogP contribution < -0.4 is 5.32 Å². The van der Waals surface area contributed by atoms with E-state index in [0.717, 1.165) is 23.9 Å². The summed E-state index contributed by atoms with van der Waals surface area (Å²) in [7, 11) is 0. The van der Waals surface area contributed by atoms with Crippen LogP contribution in [0.15, 0.2) is 0 Å². The van der Waals surface area contributed by atoms with Gasteiger partial charge in [-0.05, 0) is 51.5 Å². The first-order valence-corrected chi connectivity index (χ1v) is 6.62. The molecule has 88 valence electrons. The van der Waals surface area contributed by atoms with Crippen molar-refractivity contribution in [2.24, 2.45) is 11.8 Å². The largest absolute Gasteiger partial charge is 0.314 e. The van der Waals surface area contributed by atoms with Gasteiger partial charge < -0.3 is 10.2 Å². The lowest BCUT2D eigenvalue weighted by Gasteiger charge is -2.32. The summed E-state index contributed by atoms with van der Waals surface area (Å²) in [4.78, 5) is 2.72. The molecule has 4 unspecified atom stereocenters. The molecule has 4 atom stereocenters. The molecule has 0 spiro atoms. The molecule has 2 nitrogen and oxygen atoms in total. The van der Waals surface area contributed by atoms with Crippen molar-refractivity contribution < 1.29 is 0 Å². The average Bonchev–Trinajstić information content (AvgIpc) is 2.45. The molecule has 0 amide bonds. The molecule has 15 heavy (non-hydrogen) atoms. The third kappa shape index (κ3) is 2.94. The molecule has 0 radical (unpaired) electrons. The third-order valence-corrected chi connectivity index (χ3v) is 4.14. The molecule has 2 aliphatic rings. The lowest BCUT2D eigenvalue weighted by Crippen LogP contribution is -2.41. The molecule has 0 saturated carbocycles. The quantitative estimate of drug-likeness (QED) is 0.751. The van der Waals surface area contributed by atoms with Crippen molar-refractivity contribution in [3.05, 3.63) is 0 Å². The molecule has 2 rings (SSSR count). The fourth-order valence-corrected chi connectivity index (χ4v) is 3.37. The molecule has 1 N–H and O–H groups in total. The Labute approximate surface area is 94.4 Å². The Hall–Kier alpha value is -0.0800. The summed E-state index contributed by atoms with van der Waals surface area (Å²) in [6, 6.07) is 1.56. The first kappa shape index (κ1) is 11.4. The first-order valence-electron chi connectivity index (χ1n) is 6.62. The molecule has 0 aliphatic carbocycles. The van der Waals surface area contributed by atoms with Gasteiger partial charge in [-0.25, -0.2) is 0 Å². The molecule has 2 saturated heterocycles. The van der Waals surface area contributed by atoms with E-state index in [1.54, 1.807) is 0 Å². The second-order valence-corrected chi connectivity index (χ2v) is 5.89. The Morgan fingerprint density at radius 2 is 2.00 bits per heavy atom. The van der Waals surface area contributed by atoms with Gasteiger partial charge in [-0.2, -0.15) is 0 Å². The van der Waals surface area contributed by atoms with Crippen LogP contribution in [0.5, 0.6) is 0 Å². The number of likely N-dealkylation sites (tertiary alicyclic amines) is 1. The van der Waals surface area contributed by atoms with Gasteiger partial charge in [-0.15, -0.1) is 0 Å². The molecule has 0 aromatic heterocycles. The standard InChI is InChI=1S/C13H26N2/c1-10-6-12(3)15(8-10)9-13-4-5-14-11(2)7-13/h10-14H,4-9H2,1-3H3. The van der Waals surface area contributed by atoms with E-state index in [-0.39, 0.29) is 0 Å². The predicted octanol–water partition coefficient (Wildman–Crippen LogP) is 2.10. The monoisotopic (exact) mass is 210 g/mol. The average molecular weight is 210 g/mol. The fourth-order valence-electron chi connectivity index (χ4n) is 3.37. The van der Waals surface area contributed by atoms with E-state index >= 15 is 0 Å². The topological polar surface area (TPSA) is 15.3 Å². The molecule has 2 heterocycles. The Morgan fingerprint density at radius 3 is 2.60 bits per heavy atom. The normalized spacial score (nSPS) is 43.4. The zero-order chi connectivity index (χ0) is 10.8. The van der Waals surface area contributed by atoms with Crippen LogP contribution in [-0.4, -0.2) is 36.6 Å². The summed E-state index contributed by atoms with van der Waals surface area (Å²) in [6.07, 6.45) is 4.15. The van der Waals surface area contributed by atoms with E-state index in [0.29, 0.717) is 0 Å². The minimum absolute atomic E-state index is 0.735. The number of hydrogen-bond acceptors (Lipinski definition) is 2. The van der Waals surface area contributed by atoms with Crippen LogP contribution in [0.3, 0.4) is 0 Å². The Morgan fingerprint density at radius 1 is 1.20 bits per heavy atom. The Balaban J connectivity index is 1.80. The molecule has 2 fully saturated rings. The van der Waals surface area contributed by atoms with E-state index < -0.39 is 0 Å². The SMILES string of the molecule is CC1CC(C)N(CC2CCNC(C)C2)C1. The number of rotatable bonds is 2. The van der Waals surface area contributed by atoms with Gasteiger partial charge in [0.15, 0.2) is 0 Å². The minimum Gasteiger partial charge on any atom is -0.314 e. The van der Waals surface area contributed by atoms with Crippen molar-refractivity contribution in [1.82, 2.24) is 10.2 Å². The maximum absolute atomic E-state index is 3.54. The van der Waals surface area contributed by atoms with Crippen LogP contribution in [0, 0.1) is 11.8 Å². The minimum atomic E-state index is 0.735. The van der Waals surface area contributed by atoms with Gasteiger partial charge >= 0.3 is 0 Å². The number of hydrogen-bond donors (Lipinski definition) is 1. The second kappa shape index (κ2) is 4.84. The van der Waals surface area contributed by atoms with Crippen LogP contribution in [0.1, 0.15) is 40.0 Å². The van der Waals surface area contributed by atoms with Crippen LogP contribution in [0.2, 0.25) is 0 Å². The molecule has 0 aromatic rings. The maximum Gasteiger partial charge on any atom is 0.00701 e. The van der Waals surface area contributed by atoms with Crippen molar-refractivity contribution in [2.75, 3.05) is 19.6 Å². The first-order chi connectivity index (χ1) is 7.15. The zero-order valence-electron chi connectivity index (χ0n) is 10.5. The van der Waals surface area contributed by atoms with E-state index in [4.69, 9.17) is 0 Å². The van der Waals surface area contributed by atoms with E-state index in [9.17, 15) is 0 Å². The van der Waals surface area contributed by atoms with E-state index in [1.807, 2.05) is 0 Å². The van der Waals surface area contributed by atoms with Gasteiger partial charge in [-0.3, -0.25) is 0 Å². The molecule has 0 bridgehead atoms. The smallest absolute Gasteiger partial charge is 0.00701 e. The van der Waals surface area contributed by atoms with Gasteiger partial charge in [-0.1, -0.05) is 6.92 Å². The molecular weight excluding hydrogens is 184 g/mol. The van der Waals surface area contributed by atoms with Gasteiger partial charge in [0.05, 0.1) is 0 Å². The highest BCUT2D eigenvalue weighted by Gasteiger charge is 2.29. The van der Waals surface area contributed by atoms with Gasteiger partial charge in [0.1, 0.15) is 0 Å². The Bertz CT molecular complexity index is 205. The summed E-state index contributed by atoms with van der Waals surface area (Å²) >= 11 is 0. The fraction of sp³-hybridized carbons (Fsp3) is 1.00. The van der Waals surface area contributed by atoms with Gasteiger partial charge in [0.2, 0.25) is 0 Å². The number of piperidine rings is 1. The van der Waals surface area contributed by atoms with Crippen molar-refractivity contribution >= 4 is 0 Å². The number of nitrogens with zero attached hydrogens (tertiary/aromatic N) is 1. The van der Waals surface area contributed by atoms with Crippen molar-refractivity contribution in [2.45, 2.75) is 52.1 Å². The molecule has 2 aliphatic heterocycles.